The lowest BCUT2D eigenvalue weighted by molar-refractivity contribution is -0.139. The summed E-state index contributed by atoms with van der Waals surface area (Å²) in [6.07, 6.45) is -0.0263. The maximum absolute atomic E-state index is 12.5. The van der Waals surface area contributed by atoms with E-state index in [4.69, 9.17) is 9.15 Å². The zero-order valence-electron chi connectivity index (χ0n) is 18.7. The first-order valence-electron chi connectivity index (χ1n) is 11.3. The van der Waals surface area contributed by atoms with Gasteiger partial charge in [-0.2, -0.15) is 0 Å². The highest BCUT2D eigenvalue weighted by Gasteiger charge is 2.30. The average Bonchev–Trinajstić information content (AvgIpc) is 3.40. The van der Waals surface area contributed by atoms with E-state index in [0.717, 1.165) is 34.2 Å². The molecular weight excluding hydrogens is 432 g/mol. The number of ether oxygens (including phenoxy) is 1. The Morgan fingerprint density at radius 2 is 1.74 bits per heavy atom. The molecule has 0 aliphatic heterocycles. The number of alkyl carbamates (subject to hydrolysis) is 1. The van der Waals surface area contributed by atoms with Crippen molar-refractivity contribution in [2.45, 2.75) is 31.7 Å². The summed E-state index contributed by atoms with van der Waals surface area (Å²) in [5.74, 6) is -1.05. The second-order valence-electron chi connectivity index (χ2n) is 8.33. The Bertz CT molecular complexity index is 1330. The fourth-order valence-corrected chi connectivity index (χ4v) is 4.48. The third-order valence-electron chi connectivity index (χ3n) is 6.22. The fourth-order valence-electron chi connectivity index (χ4n) is 4.48. The molecule has 34 heavy (non-hydrogen) atoms. The fraction of sp³-hybridized carbons (Fsp3) is 0.222. The van der Waals surface area contributed by atoms with E-state index in [1.54, 1.807) is 0 Å². The van der Waals surface area contributed by atoms with E-state index >= 15 is 0 Å². The van der Waals surface area contributed by atoms with E-state index in [-0.39, 0.29) is 24.8 Å². The van der Waals surface area contributed by atoms with Crippen LogP contribution in [0.5, 0.6) is 0 Å². The molecule has 2 N–H and O–H groups in total. The van der Waals surface area contributed by atoms with Gasteiger partial charge in [0.1, 0.15) is 18.2 Å². The topological polar surface area (TPSA) is 102 Å². The molecule has 1 atom stereocenters. The smallest absolute Gasteiger partial charge is 0.407 e. The molecule has 1 heterocycles. The Morgan fingerprint density at radius 3 is 2.38 bits per heavy atom. The van der Waals surface area contributed by atoms with Crippen LogP contribution in [0.1, 0.15) is 35.4 Å². The van der Waals surface area contributed by atoms with Crippen molar-refractivity contribution in [1.29, 1.82) is 0 Å². The summed E-state index contributed by atoms with van der Waals surface area (Å²) in [6, 6.07) is 20.5. The van der Waals surface area contributed by atoms with Gasteiger partial charge in [-0.05, 0) is 46.4 Å². The lowest BCUT2D eigenvalue weighted by atomic mass is 9.98. The van der Waals surface area contributed by atoms with Crippen molar-refractivity contribution >= 4 is 23.2 Å². The maximum atomic E-state index is 12.5. The summed E-state index contributed by atoms with van der Waals surface area (Å²) in [6.45, 7) is 2.14. The number of oxazole rings is 1. The minimum Gasteiger partial charge on any atom is -0.480 e. The van der Waals surface area contributed by atoms with Crippen molar-refractivity contribution in [3.8, 4) is 11.1 Å². The van der Waals surface area contributed by atoms with Crippen molar-refractivity contribution < 1.29 is 23.8 Å². The molecule has 172 valence electrons. The molecule has 0 bridgehead atoms. The van der Waals surface area contributed by atoms with Gasteiger partial charge < -0.3 is 19.6 Å². The number of carboxylic acids is 1. The van der Waals surface area contributed by atoms with E-state index in [1.165, 1.54) is 0 Å². The van der Waals surface area contributed by atoms with Crippen molar-refractivity contribution in [2.75, 3.05) is 6.61 Å². The number of carbonyl (C=O) groups excluding carboxylic acids is 1. The van der Waals surface area contributed by atoms with Crippen LogP contribution >= 0.6 is 0 Å². The van der Waals surface area contributed by atoms with E-state index in [1.807, 2.05) is 61.5 Å². The van der Waals surface area contributed by atoms with Gasteiger partial charge in [-0.25, -0.2) is 14.6 Å². The molecule has 0 unspecified atom stereocenters. The molecule has 0 radical (unpaired) electrons. The van der Waals surface area contributed by atoms with Gasteiger partial charge in [0, 0.05) is 5.92 Å². The lowest BCUT2D eigenvalue weighted by Crippen LogP contribution is -2.43. The van der Waals surface area contributed by atoms with Crippen LogP contribution in [0.25, 0.3) is 22.2 Å². The number of benzene rings is 3. The first kappa shape index (κ1) is 21.7. The van der Waals surface area contributed by atoms with Gasteiger partial charge in [0.2, 0.25) is 0 Å². The second-order valence-corrected chi connectivity index (χ2v) is 8.33. The zero-order valence-corrected chi connectivity index (χ0v) is 18.7. The SMILES string of the molecule is CCc1ccc2nc(C[C@H](NC(=O)OCC3c4ccccc4-c4ccccc43)C(=O)O)oc2c1. The summed E-state index contributed by atoms with van der Waals surface area (Å²) in [5.41, 5.74) is 6.77. The average molecular weight is 456 g/mol. The van der Waals surface area contributed by atoms with Gasteiger partial charge in [0.05, 0.1) is 6.42 Å². The van der Waals surface area contributed by atoms with Crippen molar-refractivity contribution in [2.24, 2.45) is 0 Å². The number of hydrogen-bond acceptors (Lipinski definition) is 5. The Labute approximate surface area is 196 Å². The monoisotopic (exact) mass is 456 g/mol. The molecule has 7 heteroatoms. The summed E-state index contributed by atoms with van der Waals surface area (Å²) < 4.78 is 11.2. The standard InChI is InChI=1S/C27H24N2O5/c1-2-16-11-12-22-24(13-16)34-25(28-22)14-23(26(30)31)29-27(32)33-15-21-19-9-5-3-7-17(19)18-8-4-6-10-20(18)21/h3-13,21,23H,2,14-15H2,1H3,(H,29,32)(H,30,31)/t23-/m0/s1. The molecule has 1 aliphatic carbocycles. The van der Waals surface area contributed by atoms with E-state index in [0.29, 0.717) is 11.1 Å². The third-order valence-corrected chi connectivity index (χ3v) is 6.22. The minimum absolute atomic E-state index is 0.0876. The van der Waals surface area contributed by atoms with E-state index in [9.17, 15) is 14.7 Å². The normalized spacial score (nSPS) is 13.3. The van der Waals surface area contributed by atoms with Gasteiger partial charge in [0.15, 0.2) is 11.5 Å². The van der Waals surface area contributed by atoms with Gasteiger partial charge in [-0.1, -0.05) is 61.5 Å². The van der Waals surface area contributed by atoms with Crippen LogP contribution in [0, 0.1) is 0 Å². The Kier molecular flexibility index (Phi) is 5.76. The molecule has 5 rings (SSSR count). The first-order chi connectivity index (χ1) is 16.5. The first-order valence-corrected chi connectivity index (χ1v) is 11.3. The molecule has 0 spiro atoms. The van der Waals surface area contributed by atoms with Crippen LogP contribution in [0.15, 0.2) is 71.1 Å². The molecule has 4 aromatic rings. The summed E-state index contributed by atoms with van der Waals surface area (Å²) in [7, 11) is 0. The highest BCUT2D eigenvalue weighted by molar-refractivity contribution is 5.81. The summed E-state index contributed by atoms with van der Waals surface area (Å²) >= 11 is 0. The molecule has 1 aliphatic rings. The Morgan fingerprint density at radius 1 is 1.06 bits per heavy atom. The Balaban J connectivity index is 1.26. The molecule has 1 aromatic heterocycles. The van der Waals surface area contributed by atoms with Gasteiger partial charge in [-0.3, -0.25) is 0 Å². The van der Waals surface area contributed by atoms with Crippen molar-refractivity contribution in [3.05, 3.63) is 89.3 Å². The van der Waals surface area contributed by atoms with Crippen LogP contribution in [0.3, 0.4) is 0 Å². The predicted molar refractivity (Wildman–Crippen MR) is 127 cm³/mol. The van der Waals surface area contributed by atoms with Crippen LogP contribution in [0.2, 0.25) is 0 Å². The molecule has 0 saturated heterocycles. The van der Waals surface area contributed by atoms with E-state index < -0.39 is 18.1 Å². The number of nitrogens with one attached hydrogen (secondary N) is 1. The zero-order chi connectivity index (χ0) is 23.7. The number of carboxylic acid groups (broad SMARTS) is 1. The summed E-state index contributed by atoms with van der Waals surface area (Å²) in [4.78, 5) is 28.7. The maximum Gasteiger partial charge on any atom is 0.407 e. The highest BCUT2D eigenvalue weighted by Crippen LogP contribution is 2.44. The molecule has 1 amide bonds. The molecule has 7 nitrogen and oxygen atoms in total. The second kappa shape index (κ2) is 9.02. The Hall–Kier alpha value is -4.13. The number of fused-ring (bicyclic) bond motifs is 4. The largest absolute Gasteiger partial charge is 0.480 e. The number of rotatable bonds is 7. The number of aryl methyl sites for hydroxylation is 1. The predicted octanol–water partition coefficient (Wildman–Crippen LogP) is 4.92. The van der Waals surface area contributed by atoms with Crippen molar-refractivity contribution in [3.63, 3.8) is 0 Å². The van der Waals surface area contributed by atoms with Crippen LogP contribution in [-0.2, 0) is 22.4 Å². The third kappa shape index (κ3) is 4.12. The number of carbonyl (C=O) groups is 2. The highest BCUT2D eigenvalue weighted by atomic mass is 16.5. The van der Waals surface area contributed by atoms with Crippen LogP contribution in [0.4, 0.5) is 4.79 Å². The quantitative estimate of drug-likeness (QED) is 0.409. The minimum atomic E-state index is -1.23. The lowest BCUT2D eigenvalue weighted by Gasteiger charge is -2.16. The molecule has 3 aromatic carbocycles. The molecule has 0 saturated carbocycles. The van der Waals surface area contributed by atoms with E-state index in [2.05, 4.69) is 22.4 Å². The van der Waals surface area contributed by atoms with Crippen LogP contribution < -0.4 is 5.32 Å². The van der Waals surface area contributed by atoms with Crippen molar-refractivity contribution in [1.82, 2.24) is 10.3 Å². The molecular formula is C27H24N2O5. The number of hydrogen-bond donors (Lipinski definition) is 2. The van der Waals surface area contributed by atoms with Gasteiger partial charge in [-0.15, -0.1) is 0 Å². The number of aromatic nitrogens is 1. The number of aliphatic carboxylic acids is 1. The van der Waals surface area contributed by atoms with Gasteiger partial charge >= 0.3 is 12.1 Å². The molecule has 0 fully saturated rings. The number of nitrogens with zero attached hydrogens (tertiary/aromatic N) is 1. The van der Waals surface area contributed by atoms with Crippen LogP contribution in [-0.4, -0.2) is 34.8 Å². The number of amides is 1. The van der Waals surface area contributed by atoms with Gasteiger partial charge in [0.25, 0.3) is 0 Å². The summed E-state index contributed by atoms with van der Waals surface area (Å²) in [5, 5.41) is 12.1.